The third-order valence-corrected chi connectivity index (χ3v) is 3.66. The van der Waals surface area contributed by atoms with Gasteiger partial charge in [-0.05, 0) is 36.4 Å². The normalized spacial score (nSPS) is 11.4. The Labute approximate surface area is 144 Å². The maximum Gasteiger partial charge on any atom is 0.251 e. The molecule has 0 unspecified atom stereocenters. The Kier molecular flexibility index (Phi) is 5.99. The average Bonchev–Trinajstić information content (AvgIpc) is 2.53. The molecule has 2 N–H and O–H groups in total. The summed E-state index contributed by atoms with van der Waals surface area (Å²) in [6.07, 6.45) is 0. The van der Waals surface area contributed by atoms with E-state index in [0.717, 1.165) is 12.3 Å². The quantitative estimate of drug-likeness (QED) is 0.820. The average molecular weight is 327 g/mol. The molecule has 0 aliphatic carbocycles. The minimum atomic E-state index is -0.0527. The first-order chi connectivity index (χ1) is 11.4. The molecule has 0 radical (unpaired) electrons. The van der Waals surface area contributed by atoms with Crippen molar-refractivity contribution in [2.24, 2.45) is 5.41 Å². The van der Waals surface area contributed by atoms with Gasteiger partial charge >= 0.3 is 0 Å². The molecule has 0 spiro atoms. The van der Waals surface area contributed by atoms with Crippen molar-refractivity contribution in [2.45, 2.75) is 13.8 Å². The number of quaternary nitrogens is 1. The Bertz CT molecular complexity index is 649. The van der Waals surface area contributed by atoms with Gasteiger partial charge in [-0.3, -0.25) is 4.79 Å². The Morgan fingerprint density at radius 3 is 2.17 bits per heavy atom. The van der Waals surface area contributed by atoms with E-state index in [-0.39, 0.29) is 11.3 Å². The molecule has 0 bridgehead atoms. The van der Waals surface area contributed by atoms with Crippen molar-refractivity contribution in [3.63, 3.8) is 0 Å². The molecule has 0 aromatic heterocycles. The third-order valence-electron chi connectivity index (χ3n) is 3.66. The second kappa shape index (κ2) is 7.97. The van der Waals surface area contributed by atoms with Crippen LogP contribution in [0.2, 0.25) is 0 Å². The first-order valence-electron chi connectivity index (χ1n) is 8.26. The molecule has 2 rings (SSSR count). The number of carbonyl (C=O) groups excluding carboxylic acids is 1. The van der Waals surface area contributed by atoms with Gasteiger partial charge in [0.2, 0.25) is 0 Å². The van der Waals surface area contributed by atoms with Gasteiger partial charge in [0.1, 0.15) is 11.5 Å². The second-order valence-electron chi connectivity index (χ2n) is 7.17. The molecule has 0 aliphatic rings. The van der Waals surface area contributed by atoms with E-state index in [1.54, 1.807) is 12.1 Å². The highest BCUT2D eigenvalue weighted by Gasteiger charge is 2.22. The van der Waals surface area contributed by atoms with E-state index in [2.05, 4.69) is 33.3 Å². The van der Waals surface area contributed by atoms with Gasteiger partial charge in [-0.25, -0.2) is 0 Å². The van der Waals surface area contributed by atoms with Crippen molar-refractivity contribution in [2.75, 3.05) is 27.2 Å². The number of ether oxygens (including phenoxy) is 1. The van der Waals surface area contributed by atoms with E-state index in [4.69, 9.17) is 4.74 Å². The highest BCUT2D eigenvalue weighted by molar-refractivity contribution is 5.94. The van der Waals surface area contributed by atoms with Crippen LogP contribution in [0.1, 0.15) is 24.2 Å². The van der Waals surface area contributed by atoms with Crippen LogP contribution in [0.4, 0.5) is 0 Å². The first-order valence-corrected chi connectivity index (χ1v) is 8.26. The first kappa shape index (κ1) is 18.0. The van der Waals surface area contributed by atoms with Crippen LogP contribution in [0.25, 0.3) is 0 Å². The van der Waals surface area contributed by atoms with E-state index in [0.29, 0.717) is 17.9 Å². The summed E-state index contributed by atoms with van der Waals surface area (Å²) in [4.78, 5) is 13.7. The molecular weight excluding hydrogens is 300 g/mol. The number of hydrogen-bond acceptors (Lipinski definition) is 2. The van der Waals surface area contributed by atoms with Crippen LogP contribution in [0.5, 0.6) is 11.5 Å². The number of benzene rings is 2. The molecular formula is C20H27N2O2+. The molecule has 2 aromatic carbocycles. The summed E-state index contributed by atoms with van der Waals surface area (Å²) in [6, 6.07) is 16.8. The highest BCUT2D eigenvalue weighted by Crippen LogP contribution is 2.21. The lowest BCUT2D eigenvalue weighted by molar-refractivity contribution is -0.865. The van der Waals surface area contributed by atoms with Gasteiger partial charge in [-0.1, -0.05) is 32.0 Å². The largest absolute Gasteiger partial charge is 0.457 e. The molecule has 0 saturated heterocycles. The Hall–Kier alpha value is -2.33. The summed E-state index contributed by atoms with van der Waals surface area (Å²) in [6.45, 7) is 5.98. The minimum Gasteiger partial charge on any atom is -0.457 e. The van der Waals surface area contributed by atoms with E-state index < -0.39 is 0 Å². The Morgan fingerprint density at radius 1 is 1.00 bits per heavy atom. The standard InChI is InChI=1S/C20H26N2O2/c1-20(2,15-22(3)4)14-21-19(23)16-10-12-18(13-11-16)24-17-8-6-5-7-9-17/h5-13H,14-15H2,1-4H3,(H,21,23)/p+1. The monoisotopic (exact) mass is 327 g/mol. The fourth-order valence-corrected chi connectivity index (χ4v) is 2.74. The maximum atomic E-state index is 12.3. The third kappa shape index (κ3) is 5.70. The molecule has 4 heteroatoms. The van der Waals surface area contributed by atoms with E-state index >= 15 is 0 Å². The molecule has 4 nitrogen and oxygen atoms in total. The zero-order valence-electron chi connectivity index (χ0n) is 14.9. The minimum absolute atomic E-state index is 0.0527. The lowest BCUT2D eigenvalue weighted by Gasteiger charge is -2.26. The van der Waals surface area contributed by atoms with Gasteiger partial charge in [-0.2, -0.15) is 0 Å². The van der Waals surface area contributed by atoms with Gasteiger partial charge in [0.05, 0.1) is 20.6 Å². The molecule has 0 aliphatic heterocycles. The van der Waals surface area contributed by atoms with Crippen molar-refractivity contribution in [1.82, 2.24) is 5.32 Å². The van der Waals surface area contributed by atoms with Crippen LogP contribution >= 0.6 is 0 Å². The smallest absolute Gasteiger partial charge is 0.251 e. The SMILES string of the molecule is C[NH+](C)CC(C)(C)CNC(=O)c1ccc(Oc2ccccc2)cc1. The predicted octanol–water partition coefficient (Wildman–Crippen LogP) is 2.38. The summed E-state index contributed by atoms with van der Waals surface area (Å²) < 4.78 is 5.74. The summed E-state index contributed by atoms with van der Waals surface area (Å²) in [5, 5.41) is 3.02. The molecule has 2 aromatic rings. The Morgan fingerprint density at radius 2 is 1.58 bits per heavy atom. The van der Waals surface area contributed by atoms with Crippen LogP contribution in [0.3, 0.4) is 0 Å². The molecule has 1 amide bonds. The molecule has 0 fully saturated rings. The van der Waals surface area contributed by atoms with E-state index in [1.165, 1.54) is 4.90 Å². The molecule has 128 valence electrons. The van der Waals surface area contributed by atoms with Crippen molar-refractivity contribution < 1.29 is 14.4 Å². The maximum absolute atomic E-state index is 12.3. The second-order valence-corrected chi connectivity index (χ2v) is 7.17. The van der Waals surface area contributed by atoms with Gasteiger partial charge in [-0.15, -0.1) is 0 Å². The van der Waals surface area contributed by atoms with Crippen LogP contribution in [0, 0.1) is 5.41 Å². The molecule has 0 atom stereocenters. The number of carbonyl (C=O) groups is 1. The summed E-state index contributed by atoms with van der Waals surface area (Å²) in [5.41, 5.74) is 0.702. The van der Waals surface area contributed by atoms with Crippen LogP contribution in [-0.2, 0) is 0 Å². The predicted molar refractivity (Wildman–Crippen MR) is 96.7 cm³/mol. The molecule has 0 saturated carbocycles. The van der Waals surface area contributed by atoms with Crippen molar-refractivity contribution in [3.8, 4) is 11.5 Å². The molecule has 24 heavy (non-hydrogen) atoms. The summed E-state index contributed by atoms with van der Waals surface area (Å²) >= 11 is 0. The zero-order valence-corrected chi connectivity index (χ0v) is 14.9. The lowest BCUT2D eigenvalue weighted by atomic mass is 9.93. The van der Waals surface area contributed by atoms with Crippen LogP contribution < -0.4 is 15.0 Å². The summed E-state index contributed by atoms with van der Waals surface area (Å²) in [7, 11) is 4.24. The highest BCUT2D eigenvalue weighted by atomic mass is 16.5. The van der Waals surface area contributed by atoms with Crippen molar-refractivity contribution in [3.05, 3.63) is 60.2 Å². The van der Waals surface area contributed by atoms with Gasteiger partial charge in [0.25, 0.3) is 5.91 Å². The number of amides is 1. The van der Waals surface area contributed by atoms with Crippen molar-refractivity contribution >= 4 is 5.91 Å². The zero-order chi connectivity index (χ0) is 17.6. The van der Waals surface area contributed by atoms with Crippen LogP contribution in [0.15, 0.2) is 54.6 Å². The van der Waals surface area contributed by atoms with E-state index in [1.807, 2.05) is 42.5 Å². The van der Waals surface area contributed by atoms with E-state index in [9.17, 15) is 4.79 Å². The van der Waals surface area contributed by atoms with Crippen LogP contribution in [-0.4, -0.2) is 33.1 Å². The number of hydrogen-bond donors (Lipinski definition) is 2. The number of para-hydroxylation sites is 1. The number of nitrogens with one attached hydrogen (secondary N) is 2. The van der Waals surface area contributed by atoms with Gasteiger partial charge in [0.15, 0.2) is 0 Å². The summed E-state index contributed by atoms with van der Waals surface area (Å²) in [5.74, 6) is 1.44. The van der Waals surface area contributed by atoms with Gasteiger partial charge < -0.3 is 15.0 Å². The number of rotatable bonds is 7. The lowest BCUT2D eigenvalue weighted by Crippen LogP contribution is -3.07. The van der Waals surface area contributed by atoms with Crippen molar-refractivity contribution in [1.29, 1.82) is 0 Å². The molecule has 0 heterocycles. The van der Waals surface area contributed by atoms with Gasteiger partial charge in [0, 0.05) is 17.5 Å². The Balaban J connectivity index is 1.91. The fourth-order valence-electron chi connectivity index (χ4n) is 2.74. The topological polar surface area (TPSA) is 42.8 Å². The fraction of sp³-hybridized carbons (Fsp3) is 0.350.